The summed E-state index contributed by atoms with van der Waals surface area (Å²) in [5, 5.41) is 8.96. The van der Waals surface area contributed by atoms with Gasteiger partial charge in [-0.3, -0.25) is 4.79 Å². The third-order valence-electron chi connectivity index (χ3n) is 3.86. The fourth-order valence-electron chi connectivity index (χ4n) is 2.82. The van der Waals surface area contributed by atoms with Crippen molar-refractivity contribution in [2.24, 2.45) is 5.92 Å². The molecule has 0 saturated carbocycles. The number of nitrogens with zero attached hydrogens (tertiary/aromatic N) is 2. The minimum atomic E-state index is -0.805. The lowest BCUT2D eigenvalue weighted by atomic mass is 10.1. The number of hydrogen-bond donors (Lipinski definition) is 1. The van der Waals surface area contributed by atoms with Crippen molar-refractivity contribution in [3.05, 3.63) is 0 Å². The van der Waals surface area contributed by atoms with Gasteiger partial charge >= 0.3 is 12.0 Å². The van der Waals surface area contributed by atoms with Gasteiger partial charge in [-0.15, -0.1) is 0 Å². The number of ether oxygens (including phenoxy) is 1. The van der Waals surface area contributed by atoms with E-state index in [4.69, 9.17) is 9.84 Å². The molecule has 2 aliphatic heterocycles. The number of urea groups is 1. The van der Waals surface area contributed by atoms with Gasteiger partial charge in [0.05, 0.1) is 12.0 Å². The summed E-state index contributed by atoms with van der Waals surface area (Å²) in [4.78, 5) is 26.7. The van der Waals surface area contributed by atoms with E-state index in [0.29, 0.717) is 32.7 Å². The highest BCUT2D eigenvalue weighted by Gasteiger charge is 2.34. The topological polar surface area (TPSA) is 70.1 Å². The maximum absolute atomic E-state index is 12.3. The van der Waals surface area contributed by atoms with Crippen LogP contribution in [0.5, 0.6) is 0 Å². The maximum Gasteiger partial charge on any atom is 0.320 e. The molecule has 2 rings (SSSR count). The van der Waals surface area contributed by atoms with Gasteiger partial charge in [0.1, 0.15) is 0 Å². The normalized spacial score (nSPS) is 27.6. The van der Waals surface area contributed by atoms with Gasteiger partial charge in [-0.05, 0) is 26.2 Å². The molecule has 2 saturated heterocycles. The molecule has 108 valence electrons. The number of carboxylic acid groups (broad SMARTS) is 1. The zero-order chi connectivity index (χ0) is 13.8. The fraction of sp³-hybridized carbons (Fsp3) is 0.846. The van der Waals surface area contributed by atoms with E-state index in [1.165, 1.54) is 0 Å². The molecule has 2 atom stereocenters. The number of likely N-dealkylation sites (tertiary alicyclic amines) is 2. The van der Waals surface area contributed by atoms with Crippen molar-refractivity contribution in [2.75, 3.05) is 32.8 Å². The minimum absolute atomic E-state index is 0.0341. The minimum Gasteiger partial charge on any atom is -0.481 e. The Hall–Kier alpha value is -1.30. The molecule has 19 heavy (non-hydrogen) atoms. The molecule has 6 nitrogen and oxygen atoms in total. The van der Waals surface area contributed by atoms with E-state index >= 15 is 0 Å². The molecule has 0 aliphatic carbocycles. The van der Waals surface area contributed by atoms with Crippen molar-refractivity contribution in [3.8, 4) is 0 Å². The molecule has 2 amide bonds. The van der Waals surface area contributed by atoms with Crippen LogP contribution in [0.2, 0.25) is 0 Å². The second-order valence-electron chi connectivity index (χ2n) is 5.22. The van der Waals surface area contributed by atoms with Crippen LogP contribution >= 0.6 is 0 Å². The molecule has 6 heteroatoms. The molecule has 0 spiro atoms. The molecule has 2 heterocycles. The van der Waals surface area contributed by atoms with Gasteiger partial charge in [0.15, 0.2) is 0 Å². The Balaban J connectivity index is 1.87. The average Bonchev–Trinajstić information content (AvgIpc) is 2.88. The molecule has 0 aromatic rings. The van der Waals surface area contributed by atoms with Crippen LogP contribution in [-0.2, 0) is 9.53 Å². The monoisotopic (exact) mass is 270 g/mol. The van der Waals surface area contributed by atoms with Crippen LogP contribution in [0.4, 0.5) is 4.79 Å². The van der Waals surface area contributed by atoms with E-state index in [1.807, 2.05) is 6.92 Å². The summed E-state index contributed by atoms with van der Waals surface area (Å²) in [6, 6.07) is -0.0341. The van der Waals surface area contributed by atoms with Crippen LogP contribution in [-0.4, -0.2) is 65.8 Å². The molecule has 2 unspecified atom stereocenters. The largest absolute Gasteiger partial charge is 0.481 e. The molecule has 0 bridgehead atoms. The summed E-state index contributed by atoms with van der Waals surface area (Å²) in [7, 11) is 0. The summed E-state index contributed by atoms with van der Waals surface area (Å²) in [6.07, 6.45) is 2.63. The van der Waals surface area contributed by atoms with Crippen LogP contribution in [0.3, 0.4) is 0 Å². The van der Waals surface area contributed by atoms with E-state index in [-0.39, 0.29) is 12.1 Å². The van der Waals surface area contributed by atoms with Crippen LogP contribution in [0, 0.1) is 5.92 Å². The molecular weight excluding hydrogens is 248 g/mol. The fourth-order valence-corrected chi connectivity index (χ4v) is 2.82. The Kier molecular flexibility index (Phi) is 4.63. The average molecular weight is 270 g/mol. The third kappa shape index (κ3) is 3.37. The lowest BCUT2D eigenvalue weighted by molar-refractivity contribution is -0.141. The predicted molar refractivity (Wildman–Crippen MR) is 68.9 cm³/mol. The molecule has 2 aliphatic rings. The Morgan fingerprint density at radius 1 is 1.21 bits per heavy atom. The molecule has 1 N–H and O–H groups in total. The number of rotatable bonds is 3. The first kappa shape index (κ1) is 14.1. The molecule has 0 radical (unpaired) electrons. The van der Waals surface area contributed by atoms with E-state index < -0.39 is 11.9 Å². The van der Waals surface area contributed by atoms with Crippen molar-refractivity contribution in [1.29, 1.82) is 0 Å². The van der Waals surface area contributed by atoms with Gasteiger partial charge in [-0.2, -0.15) is 0 Å². The number of piperidine rings is 1. The van der Waals surface area contributed by atoms with Gasteiger partial charge in [0.2, 0.25) is 0 Å². The van der Waals surface area contributed by atoms with Crippen molar-refractivity contribution >= 4 is 12.0 Å². The number of aliphatic carboxylic acids is 1. The third-order valence-corrected chi connectivity index (χ3v) is 3.86. The van der Waals surface area contributed by atoms with Crippen molar-refractivity contribution in [2.45, 2.75) is 32.3 Å². The quantitative estimate of drug-likeness (QED) is 0.831. The lowest BCUT2D eigenvalue weighted by Crippen LogP contribution is -2.49. The number of carboxylic acids is 1. The Morgan fingerprint density at radius 2 is 1.95 bits per heavy atom. The highest BCUT2D eigenvalue weighted by molar-refractivity contribution is 5.77. The van der Waals surface area contributed by atoms with E-state index in [0.717, 1.165) is 19.4 Å². The zero-order valence-electron chi connectivity index (χ0n) is 11.4. The van der Waals surface area contributed by atoms with E-state index in [9.17, 15) is 9.59 Å². The standard InChI is InChI=1S/C13H22N2O4/c1-2-19-11-4-3-6-14(9-11)13(18)15-7-5-10(8-15)12(16)17/h10-11H,2-9H2,1H3,(H,16,17). The molecule has 2 fully saturated rings. The maximum atomic E-state index is 12.3. The summed E-state index contributed by atoms with van der Waals surface area (Å²) in [5.74, 6) is -1.21. The van der Waals surface area contributed by atoms with Gasteiger partial charge in [-0.1, -0.05) is 0 Å². The van der Waals surface area contributed by atoms with E-state index in [2.05, 4.69) is 0 Å². The Morgan fingerprint density at radius 3 is 2.58 bits per heavy atom. The van der Waals surface area contributed by atoms with Crippen LogP contribution < -0.4 is 0 Å². The van der Waals surface area contributed by atoms with Gasteiger partial charge < -0.3 is 19.6 Å². The van der Waals surface area contributed by atoms with E-state index in [1.54, 1.807) is 9.80 Å². The summed E-state index contributed by atoms with van der Waals surface area (Å²) < 4.78 is 5.58. The van der Waals surface area contributed by atoms with Crippen molar-refractivity contribution < 1.29 is 19.4 Å². The highest BCUT2D eigenvalue weighted by atomic mass is 16.5. The second kappa shape index (κ2) is 6.23. The first-order valence-electron chi connectivity index (χ1n) is 7.00. The summed E-state index contributed by atoms with van der Waals surface area (Å²) in [5.41, 5.74) is 0. The summed E-state index contributed by atoms with van der Waals surface area (Å²) >= 11 is 0. The van der Waals surface area contributed by atoms with Crippen molar-refractivity contribution in [3.63, 3.8) is 0 Å². The number of amides is 2. The second-order valence-corrected chi connectivity index (χ2v) is 5.22. The first-order valence-corrected chi connectivity index (χ1v) is 7.00. The molecular formula is C13H22N2O4. The lowest BCUT2D eigenvalue weighted by Gasteiger charge is -2.35. The number of carbonyl (C=O) groups excluding carboxylic acids is 1. The van der Waals surface area contributed by atoms with Crippen molar-refractivity contribution in [1.82, 2.24) is 9.80 Å². The highest BCUT2D eigenvalue weighted by Crippen LogP contribution is 2.20. The van der Waals surface area contributed by atoms with Crippen LogP contribution in [0.15, 0.2) is 0 Å². The first-order chi connectivity index (χ1) is 9.11. The van der Waals surface area contributed by atoms with Crippen LogP contribution in [0.25, 0.3) is 0 Å². The number of carbonyl (C=O) groups is 2. The molecule has 0 aromatic heterocycles. The smallest absolute Gasteiger partial charge is 0.320 e. The Labute approximate surface area is 113 Å². The zero-order valence-corrected chi connectivity index (χ0v) is 11.4. The van der Waals surface area contributed by atoms with Gasteiger partial charge in [-0.25, -0.2) is 4.79 Å². The Bertz CT molecular complexity index is 346. The van der Waals surface area contributed by atoms with Crippen LogP contribution in [0.1, 0.15) is 26.2 Å². The summed E-state index contributed by atoms with van der Waals surface area (Å²) in [6.45, 7) is 4.88. The predicted octanol–water partition coefficient (Wildman–Crippen LogP) is 1.01. The molecule has 0 aromatic carbocycles. The van der Waals surface area contributed by atoms with Gasteiger partial charge in [0, 0.05) is 32.8 Å². The number of hydrogen-bond acceptors (Lipinski definition) is 3. The SMILES string of the molecule is CCOC1CCCN(C(=O)N2CCC(C(=O)O)C2)C1. The van der Waals surface area contributed by atoms with Gasteiger partial charge in [0.25, 0.3) is 0 Å².